The first-order chi connectivity index (χ1) is 9.15. The van der Waals surface area contributed by atoms with Crippen molar-refractivity contribution in [2.24, 2.45) is 5.41 Å². The van der Waals surface area contributed by atoms with Crippen LogP contribution in [0.5, 0.6) is 0 Å². The van der Waals surface area contributed by atoms with E-state index in [4.69, 9.17) is 12.6 Å². The summed E-state index contributed by atoms with van der Waals surface area (Å²) in [6, 6.07) is 0.763. The zero-order chi connectivity index (χ0) is 13.7. The third-order valence-corrected chi connectivity index (χ3v) is 5.98. The quantitative estimate of drug-likeness (QED) is 0.625. The van der Waals surface area contributed by atoms with Crippen LogP contribution in [0.3, 0.4) is 0 Å². The van der Waals surface area contributed by atoms with Crippen LogP contribution in [-0.4, -0.2) is 55.3 Å². The van der Waals surface area contributed by atoms with Gasteiger partial charge < -0.3 is 9.80 Å². The van der Waals surface area contributed by atoms with Gasteiger partial charge in [0.15, 0.2) is 0 Å². The SMILES string of the molecule is CN1CCCC(N(C)CC2(CS)CCCCCC2)C1. The van der Waals surface area contributed by atoms with Gasteiger partial charge in [-0.1, -0.05) is 25.7 Å². The Hall–Kier alpha value is 0.270. The molecule has 1 saturated carbocycles. The number of rotatable bonds is 4. The van der Waals surface area contributed by atoms with Crippen molar-refractivity contribution >= 4 is 12.6 Å². The van der Waals surface area contributed by atoms with E-state index in [1.165, 1.54) is 71.0 Å². The summed E-state index contributed by atoms with van der Waals surface area (Å²) in [5, 5.41) is 0. The number of piperidine rings is 1. The highest BCUT2D eigenvalue weighted by Gasteiger charge is 2.33. The van der Waals surface area contributed by atoms with E-state index in [1.807, 2.05) is 0 Å². The van der Waals surface area contributed by atoms with Gasteiger partial charge in [0.2, 0.25) is 0 Å². The third kappa shape index (κ3) is 4.37. The van der Waals surface area contributed by atoms with Crippen molar-refractivity contribution < 1.29 is 0 Å². The van der Waals surface area contributed by atoms with Crippen LogP contribution >= 0.6 is 12.6 Å². The van der Waals surface area contributed by atoms with Crippen molar-refractivity contribution in [3.63, 3.8) is 0 Å². The van der Waals surface area contributed by atoms with Crippen molar-refractivity contribution in [2.75, 3.05) is 39.5 Å². The Kier molecular flexibility index (Phi) is 6.04. The molecular weight excluding hydrogens is 252 g/mol. The minimum Gasteiger partial charge on any atom is -0.305 e. The number of likely N-dealkylation sites (N-methyl/N-ethyl adjacent to an activating group) is 2. The molecule has 0 N–H and O–H groups in total. The Bertz CT molecular complexity index is 261. The number of hydrogen-bond donors (Lipinski definition) is 1. The molecule has 2 rings (SSSR count). The monoisotopic (exact) mass is 284 g/mol. The Balaban J connectivity index is 1.92. The fraction of sp³-hybridized carbons (Fsp3) is 1.00. The van der Waals surface area contributed by atoms with Gasteiger partial charge in [0.05, 0.1) is 0 Å². The summed E-state index contributed by atoms with van der Waals surface area (Å²) in [5.41, 5.74) is 0.490. The first-order valence-corrected chi connectivity index (χ1v) is 8.78. The second-order valence-electron chi connectivity index (χ2n) is 7.05. The molecule has 112 valence electrons. The number of thiol groups is 1. The summed E-state index contributed by atoms with van der Waals surface area (Å²) in [7, 11) is 4.61. The van der Waals surface area contributed by atoms with Gasteiger partial charge in [-0.05, 0) is 57.5 Å². The van der Waals surface area contributed by atoms with Crippen molar-refractivity contribution in [1.29, 1.82) is 0 Å². The van der Waals surface area contributed by atoms with Crippen molar-refractivity contribution in [1.82, 2.24) is 9.80 Å². The molecule has 0 aromatic rings. The molecule has 1 atom stereocenters. The van der Waals surface area contributed by atoms with Gasteiger partial charge in [0.25, 0.3) is 0 Å². The molecule has 2 fully saturated rings. The Labute approximate surface area is 125 Å². The smallest absolute Gasteiger partial charge is 0.0220 e. The van der Waals surface area contributed by atoms with Gasteiger partial charge in [0, 0.05) is 19.1 Å². The summed E-state index contributed by atoms with van der Waals surface area (Å²) in [4.78, 5) is 5.14. The zero-order valence-corrected chi connectivity index (χ0v) is 13.8. The maximum absolute atomic E-state index is 4.72. The molecule has 0 aromatic heterocycles. The molecule has 19 heavy (non-hydrogen) atoms. The van der Waals surface area contributed by atoms with Crippen LogP contribution in [-0.2, 0) is 0 Å². The molecule has 0 spiro atoms. The molecule has 0 aromatic carbocycles. The van der Waals surface area contributed by atoms with Gasteiger partial charge in [-0.25, -0.2) is 0 Å². The van der Waals surface area contributed by atoms with E-state index >= 15 is 0 Å². The molecule has 2 aliphatic rings. The molecule has 1 aliphatic carbocycles. The Morgan fingerprint density at radius 2 is 1.84 bits per heavy atom. The molecule has 1 heterocycles. The van der Waals surface area contributed by atoms with E-state index in [0.29, 0.717) is 5.41 Å². The van der Waals surface area contributed by atoms with Crippen LogP contribution in [0.4, 0.5) is 0 Å². The molecule has 3 heteroatoms. The molecule has 1 unspecified atom stereocenters. The number of nitrogens with zero attached hydrogens (tertiary/aromatic N) is 2. The van der Waals surface area contributed by atoms with E-state index in [9.17, 15) is 0 Å². The molecule has 1 aliphatic heterocycles. The van der Waals surface area contributed by atoms with E-state index < -0.39 is 0 Å². The van der Waals surface area contributed by atoms with E-state index in [1.54, 1.807) is 0 Å². The average molecular weight is 285 g/mol. The predicted octanol–water partition coefficient (Wildman–Crippen LogP) is 3.28. The van der Waals surface area contributed by atoms with Gasteiger partial charge >= 0.3 is 0 Å². The highest BCUT2D eigenvalue weighted by molar-refractivity contribution is 7.80. The van der Waals surface area contributed by atoms with E-state index in [-0.39, 0.29) is 0 Å². The van der Waals surface area contributed by atoms with Crippen LogP contribution in [0.1, 0.15) is 51.4 Å². The van der Waals surface area contributed by atoms with Gasteiger partial charge in [-0.2, -0.15) is 12.6 Å². The van der Waals surface area contributed by atoms with Crippen molar-refractivity contribution in [3.8, 4) is 0 Å². The molecule has 0 bridgehead atoms. The van der Waals surface area contributed by atoms with Crippen LogP contribution in [0, 0.1) is 5.41 Å². The van der Waals surface area contributed by atoms with Crippen LogP contribution in [0.2, 0.25) is 0 Å². The second-order valence-corrected chi connectivity index (χ2v) is 7.36. The van der Waals surface area contributed by atoms with Crippen LogP contribution < -0.4 is 0 Å². The van der Waals surface area contributed by atoms with Gasteiger partial charge in [-0.15, -0.1) is 0 Å². The standard InChI is InChI=1S/C16H32N2S/c1-17-11-7-8-15(12-17)18(2)13-16(14-19)9-5-3-4-6-10-16/h15,19H,3-14H2,1-2H3. The number of hydrogen-bond acceptors (Lipinski definition) is 3. The zero-order valence-electron chi connectivity index (χ0n) is 12.9. The molecule has 0 radical (unpaired) electrons. The summed E-state index contributed by atoms with van der Waals surface area (Å²) in [5.74, 6) is 1.07. The van der Waals surface area contributed by atoms with Gasteiger partial charge in [0.1, 0.15) is 0 Å². The summed E-state index contributed by atoms with van der Waals surface area (Å²) in [6.07, 6.45) is 11.2. The maximum atomic E-state index is 4.72. The van der Waals surface area contributed by atoms with Crippen LogP contribution in [0.25, 0.3) is 0 Å². The van der Waals surface area contributed by atoms with Gasteiger partial charge in [-0.3, -0.25) is 0 Å². The van der Waals surface area contributed by atoms with Crippen molar-refractivity contribution in [3.05, 3.63) is 0 Å². The van der Waals surface area contributed by atoms with E-state index in [0.717, 1.165) is 11.8 Å². The lowest BCUT2D eigenvalue weighted by molar-refractivity contribution is 0.0880. The Morgan fingerprint density at radius 1 is 1.16 bits per heavy atom. The van der Waals surface area contributed by atoms with E-state index in [2.05, 4.69) is 23.9 Å². The topological polar surface area (TPSA) is 6.48 Å². The fourth-order valence-corrected chi connectivity index (χ4v) is 4.42. The third-order valence-electron chi connectivity index (χ3n) is 5.31. The minimum absolute atomic E-state index is 0.490. The first-order valence-electron chi connectivity index (χ1n) is 8.15. The minimum atomic E-state index is 0.490. The normalized spacial score (nSPS) is 29.4. The highest BCUT2D eigenvalue weighted by atomic mass is 32.1. The molecular formula is C16H32N2S. The average Bonchev–Trinajstić information content (AvgIpc) is 2.65. The Morgan fingerprint density at radius 3 is 2.42 bits per heavy atom. The fourth-order valence-electron chi connectivity index (χ4n) is 4.00. The lowest BCUT2D eigenvalue weighted by Gasteiger charge is -2.41. The highest BCUT2D eigenvalue weighted by Crippen LogP contribution is 2.37. The lowest BCUT2D eigenvalue weighted by atomic mass is 9.81. The summed E-state index contributed by atoms with van der Waals surface area (Å²) in [6.45, 7) is 3.79. The largest absolute Gasteiger partial charge is 0.305 e. The molecule has 1 saturated heterocycles. The summed E-state index contributed by atoms with van der Waals surface area (Å²) < 4.78 is 0. The first kappa shape index (κ1) is 15.7. The predicted molar refractivity (Wildman–Crippen MR) is 87.1 cm³/mol. The van der Waals surface area contributed by atoms with Crippen LogP contribution in [0.15, 0.2) is 0 Å². The second kappa shape index (κ2) is 7.33. The lowest BCUT2D eigenvalue weighted by Crippen LogP contribution is -2.49. The number of likely N-dealkylation sites (tertiary alicyclic amines) is 1. The van der Waals surface area contributed by atoms with Crippen molar-refractivity contribution in [2.45, 2.75) is 57.4 Å². The molecule has 2 nitrogen and oxygen atoms in total. The maximum Gasteiger partial charge on any atom is 0.0220 e. The summed E-state index contributed by atoms with van der Waals surface area (Å²) >= 11 is 4.72. The molecule has 0 amide bonds.